The average Bonchev–Trinajstić information content (AvgIpc) is 2.65. The van der Waals surface area contributed by atoms with Crippen LogP contribution in [-0.2, 0) is 0 Å². The number of methoxy groups -OCH3 is 1. The minimum absolute atomic E-state index is 0.192. The summed E-state index contributed by atoms with van der Waals surface area (Å²) in [4.78, 5) is 12.7. The molecule has 0 aromatic heterocycles. The summed E-state index contributed by atoms with van der Waals surface area (Å²) in [7, 11) is 1.64. The van der Waals surface area contributed by atoms with Crippen molar-refractivity contribution >= 4 is 5.78 Å². The highest BCUT2D eigenvalue weighted by atomic mass is 16.5. The van der Waals surface area contributed by atoms with Gasteiger partial charge < -0.3 is 4.74 Å². The van der Waals surface area contributed by atoms with E-state index in [0.717, 1.165) is 33.6 Å². The van der Waals surface area contributed by atoms with Crippen LogP contribution in [-0.4, -0.2) is 12.9 Å². The van der Waals surface area contributed by atoms with E-state index >= 15 is 0 Å². The van der Waals surface area contributed by atoms with Crippen molar-refractivity contribution in [3.63, 3.8) is 0 Å². The molecule has 0 aliphatic heterocycles. The maximum absolute atomic E-state index is 12.7. The summed E-state index contributed by atoms with van der Waals surface area (Å²) in [6.07, 6.45) is 0. The molecule has 0 radical (unpaired) electrons. The lowest BCUT2D eigenvalue weighted by Crippen LogP contribution is -1.99. The largest absolute Gasteiger partial charge is 0.497 e. The van der Waals surface area contributed by atoms with Crippen LogP contribution in [0, 0.1) is 25.7 Å². The fraction of sp³-hybridized carbons (Fsp3) is 0.125. The molecule has 0 saturated carbocycles. The van der Waals surface area contributed by atoms with E-state index in [2.05, 4.69) is 11.8 Å². The van der Waals surface area contributed by atoms with E-state index in [0.29, 0.717) is 5.56 Å². The third kappa shape index (κ3) is 4.02. The third-order valence-corrected chi connectivity index (χ3v) is 4.11. The van der Waals surface area contributed by atoms with E-state index in [1.165, 1.54) is 0 Å². The van der Waals surface area contributed by atoms with Gasteiger partial charge in [-0.25, -0.2) is 0 Å². The summed E-state index contributed by atoms with van der Waals surface area (Å²) in [5.41, 5.74) is 5.44. The number of rotatable bonds is 3. The van der Waals surface area contributed by atoms with Crippen molar-refractivity contribution in [2.75, 3.05) is 7.11 Å². The van der Waals surface area contributed by atoms with Gasteiger partial charge in [-0.3, -0.25) is 4.79 Å². The number of hydrogen-bond donors (Lipinski definition) is 0. The van der Waals surface area contributed by atoms with E-state index in [1.54, 1.807) is 7.11 Å². The van der Waals surface area contributed by atoms with Crippen LogP contribution in [0.15, 0.2) is 66.7 Å². The molecule has 0 aliphatic carbocycles. The Morgan fingerprint density at radius 2 is 1.69 bits per heavy atom. The van der Waals surface area contributed by atoms with Crippen LogP contribution in [0.3, 0.4) is 0 Å². The first-order valence-electron chi connectivity index (χ1n) is 8.45. The van der Waals surface area contributed by atoms with Gasteiger partial charge in [0.15, 0.2) is 0 Å². The summed E-state index contributed by atoms with van der Waals surface area (Å²) >= 11 is 0. The lowest BCUT2D eigenvalue weighted by Gasteiger charge is -2.10. The molecule has 0 bridgehead atoms. The molecule has 3 aromatic rings. The van der Waals surface area contributed by atoms with E-state index in [-0.39, 0.29) is 5.78 Å². The van der Waals surface area contributed by atoms with Gasteiger partial charge in [-0.1, -0.05) is 42.3 Å². The minimum Gasteiger partial charge on any atom is -0.497 e. The Balaban J connectivity index is 2.00. The van der Waals surface area contributed by atoms with Gasteiger partial charge in [-0.15, -0.1) is 0 Å². The Kier molecular flexibility index (Phi) is 5.20. The molecule has 26 heavy (non-hydrogen) atoms. The van der Waals surface area contributed by atoms with E-state index in [4.69, 9.17) is 4.74 Å². The molecule has 3 aromatic carbocycles. The van der Waals surface area contributed by atoms with E-state index in [9.17, 15) is 4.79 Å². The minimum atomic E-state index is -0.192. The van der Waals surface area contributed by atoms with Crippen LogP contribution in [0.2, 0.25) is 0 Å². The maximum Gasteiger partial charge on any atom is 0.236 e. The molecular formula is C24H20O2. The number of Topliss-reactive ketones (excluding diaryl/α,β-unsaturated/α-hetero) is 1. The van der Waals surface area contributed by atoms with Crippen LogP contribution in [0.25, 0.3) is 11.1 Å². The van der Waals surface area contributed by atoms with Crippen molar-refractivity contribution in [1.82, 2.24) is 0 Å². The second-order valence-electron chi connectivity index (χ2n) is 6.23. The van der Waals surface area contributed by atoms with Crippen LogP contribution in [0.5, 0.6) is 5.75 Å². The number of carbonyl (C=O) groups excluding carboxylic acids is 1. The number of ketones is 1. The molecule has 0 fully saturated rings. The standard InChI is InChI=1S/C24H20O2/c1-17-7-6-8-19(13-17)11-12-24(25)23-10-5-4-9-22(23)20-14-18(2)15-21(16-20)26-3/h4-10,13-16H,1-3H3. The summed E-state index contributed by atoms with van der Waals surface area (Å²) in [6, 6.07) is 21.3. The number of ether oxygens (including phenoxy) is 1. The highest BCUT2D eigenvalue weighted by Crippen LogP contribution is 2.28. The van der Waals surface area contributed by atoms with E-state index < -0.39 is 0 Å². The molecule has 2 heteroatoms. The summed E-state index contributed by atoms with van der Waals surface area (Å²) in [5, 5.41) is 0. The maximum atomic E-state index is 12.7. The van der Waals surface area contributed by atoms with Gasteiger partial charge in [0.25, 0.3) is 0 Å². The SMILES string of the molecule is COc1cc(C)cc(-c2ccccc2C(=O)C#Cc2cccc(C)c2)c1. The zero-order chi connectivity index (χ0) is 18.5. The van der Waals surface area contributed by atoms with Crippen molar-refractivity contribution in [2.45, 2.75) is 13.8 Å². The zero-order valence-corrected chi connectivity index (χ0v) is 15.2. The van der Waals surface area contributed by atoms with Crippen LogP contribution < -0.4 is 4.74 Å². The average molecular weight is 340 g/mol. The first-order chi connectivity index (χ1) is 12.6. The smallest absolute Gasteiger partial charge is 0.236 e. The van der Waals surface area contributed by atoms with Crippen LogP contribution in [0.4, 0.5) is 0 Å². The van der Waals surface area contributed by atoms with Crippen molar-refractivity contribution < 1.29 is 9.53 Å². The molecule has 0 N–H and O–H groups in total. The van der Waals surface area contributed by atoms with Gasteiger partial charge in [0.05, 0.1) is 7.11 Å². The quantitative estimate of drug-likeness (QED) is 0.483. The summed E-state index contributed by atoms with van der Waals surface area (Å²) in [5.74, 6) is 6.33. The van der Waals surface area contributed by atoms with E-state index in [1.807, 2.05) is 80.6 Å². The van der Waals surface area contributed by atoms with Gasteiger partial charge in [-0.2, -0.15) is 0 Å². The Bertz CT molecular complexity index is 1020. The molecule has 128 valence electrons. The van der Waals surface area contributed by atoms with Crippen LogP contribution >= 0.6 is 0 Å². The number of aryl methyl sites for hydroxylation is 2. The van der Waals surface area contributed by atoms with Crippen molar-refractivity contribution in [1.29, 1.82) is 0 Å². The Labute approximate surface area is 154 Å². The predicted octanol–water partition coefficient (Wildman–Crippen LogP) is 5.21. The van der Waals surface area contributed by atoms with Crippen LogP contribution in [0.1, 0.15) is 27.0 Å². The molecule has 0 aliphatic rings. The molecule has 2 nitrogen and oxygen atoms in total. The number of carbonyl (C=O) groups is 1. The lowest BCUT2D eigenvalue weighted by atomic mass is 9.95. The van der Waals surface area contributed by atoms with Gasteiger partial charge in [0.1, 0.15) is 5.75 Å². The van der Waals surface area contributed by atoms with Gasteiger partial charge in [0, 0.05) is 11.1 Å². The molecule has 0 amide bonds. The third-order valence-electron chi connectivity index (χ3n) is 4.11. The normalized spacial score (nSPS) is 9.96. The molecule has 0 heterocycles. The fourth-order valence-electron chi connectivity index (χ4n) is 2.87. The molecule has 0 unspecified atom stereocenters. The Morgan fingerprint density at radius 3 is 2.46 bits per heavy atom. The number of benzene rings is 3. The number of hydrogen-bond acceptors (Lipinski definition) is 2. The first-order valence-corrected chi connectivity index (χ1v) is 8.45. The second-order valence-corrected chi connectivity index (χ2v) is 6.23. The van der Waals surface area contributed by atoms with Gasteiger partial charge in [-0.05, 0) is 72.4 Å². The highest BCUT2D eigenvalue weighted by molar-refractivity contribution is 6.13. The summed E-state index contributed by atoms with van der Waals surface area (Å²) < 4.78 is 5.36. The van der Waals surface area contributed by atoms with Gasteiger partial charge in [0.2, 0.25) is 5.78 Å². The van der Waals surface area contributed by atoms with Gasteiger partial charge >= 0.3 is 0 Å². The lowest BCUT2D eigenvalue weighted by molar-refractivity contribution is 0.105. The van der Waals surface area contributed by atoms with Crippen molar-refractivity contribution in [2.24, 2.45) is 0 Å². The topological polar surface area (TPSA) is 26.3 Å². The fourth-order valence-corrected chi connectivity index (χ4v) is 2.87. The molecule has 0 spiro atoms. The van der Waals surface area contributed by atoms with Crippen molar-refractivity contribution in [3.8, 4) is 28.7 Å². The predicted molar refractivity (Wildman–Crippen MR) is 106 cm³/mol. The molecule has 0 saturated heterocycles. The second kappa shape index (κ2) is 7.72. The molecular weight excluding hydrogens is 320 g/mol. The summed E-state index contributed by atoms with van der Waals surface area (Å²) in [6.45, 7) is 4.02. The Hall–Kier alpha value is -3.31. The zero-order valence-electron chi connectivity index (χ0n) is 15.2. The first kappa shape index (κ1) is 17.5. The van der Waals surface area contributed by atoms with Crippen molar-refractivity contribution in [3.05, 3.63) is 89.0 Å². The Morgan fingerprint density at radius 1 is 0.885 bits per heavy atom. The molecule has 3 rings (SSSR count). The molecule has 0 atom stereocenters. The highest BCUT2D eigenvalue weighted by Gasteiger charge is 2.11. The monoisotopic (exact) mass is 340 g/mol.